The van der Waals surface area contributed by atoms with Crippen molar-refractivity contribution in [2.45, 2.75) is 12.8 Å². The van der Waals surface area contributed by atoms with Crippen LogP contribution in [0.2, 0.25) is 0 Å². The molecule has 0 amide bonds. The predicted molar refractivity (Wildman–Crippen MR) is 88.1 cm³/mol. The topological polar surface area (TPSA) is 76.0 Å². The highest BCUT2D eigenvalue weighted by Gasteiger charge is 2.36. The van der Waals surface area contributed by atoms with Crippen molar-refractivity contribution < 1.29 is 24.5 Å². The van der Waals surface area contributed by atoms with E-state index >= 15 is 0 Å². The molecule has 1 heterocycles. The van der Waals surface area contributed by atoms with Gasteiger partial charge < -0.3 is 19.7 Å². The second-order valence-corrected chi connectivity index (χ2v) is 6.08. The van der Waals surface area contributed by atoms with Crippen LogP contribution >= 0.6 is 0 Å². The number of esters is 1. The Balaban J connectivity index is 1.74. The molecule has 0 bridgehead atoms. The fourth-order valence-electron chi connectivity index (χ4n) is 3.09. The number of carbonyl (C=O) groups is 1. The van der Waals surface area contributed by atoms with E-state index in [-0.39, 0.29) is 29.3 Å². The summed E-state index contributed by atoms with van der Waals surface area (Å²) in [7, 11) is 1.51. The molecule has 2 atom stereocenters. The minimum atomic E-state index is -0.214. The van der Waals surface area contributed by atoms with Gasteiger partial charge in [0.05, 0.1) is 19.6 Å². The van der Waals surface area contributed by atoms with Crippen LogP contribution in [-0.2, 0) is 22.4 Å². The van der Waals surface area contributed by atoms with Crippen molar-refractivity contribution in [3.8, 4) is 17.2 Å². The summed E-state index contributed by atoms with van der Waals surface area (Å²) in [6.45, 7) is 0.394. The average molecular weight is 328 g/mol. The van der Waals surface area contributed by atoms with Gasteiger partial charge in [0.25, 0.3) is 0 Å². The zero-order valence-corrected chi connectivity index (χ0v) is 13.4. The molecule has 0 radical (unpaired) electrons. The third-order valence-electron chi connectivity index (χ3n) is 4.45. The maximum Gasteiger partial charge on any atom is 0.309 e. The Kier molecular flexibility index (Phi) is 4.60. The molecule has 2 aromatic rings. The number of ether oxygens (including phenoxy) is 2. The normalized spacial score (nSPS) is 20.0. The number of methoxy groups -OCH3 is 1. The summed E-state index contributed by atoms with van der Waals surface area (Å²) in [5.41, 5.74) is 1.98. The van der Waals surface area contributed by atoms with Gasteiger partial charge in [0.1, 0.15) is 5.75 Å². The zero-order valence-electron chi connectivity index (χ0n) is 13.4. The zero-order chi connectivity index (χ0) is 17.1. The lowest BCUT2D eigenvalue weighted by molar-refractivity contribution is -0.141. The van der Waals surface area contributed by atoms with Gasteiger partial charge in [0.15, 0.2) is 11.5 Å². The average Bonchev–Trinajstić information content (AvgIpc) is 2.92. The molecule has 24 heavy (non-hydrogen) atoms. The number of carbonyl (C=O) groups excluding carboxylic acids is 1. The lowest BCUT2D eigenvalue weighted by Crippen LogP contribution is -2.20. The van der Waals surface area contributed by atoms with Gasteiger partial charge in [0, 0.05) is 5.92 Å². The quantitative estimate of drug-likeness (QED) is 0.825. The van der Waals surface area contributed by atoms with E-state index in [1.165, 1.54) is 7.11 Å². The molecular formula is C19H20O5. The van der Waals surface area contributed by atoms with E-state index in [0.29, 0.717) is 25.2 Å². The Morgan fingerprint density at radius 2 is 1.79 bits per heavy atom. The first-order chi connectivity index (χ1) is 11.6. The smallest absolute Gasteiger partial charge is 0.309 e. The number of phenolic OH excluding ortho intramolecular Hbond substituents is 2. The van der Waals surface area contributed by atoms with Gasteiger partial charge in [-0.05, 0) is 48.2 Å². The van der Waals surface area contributed by atoms with Crippen LogP contribution in [0.3, 0.4) is 0 Å². The number of aromatic hydroxyl groups is 2. The molecule has 3 rings (SSSR count). The maximum absolute atomic E-state index is 12.1. The number of hydrogen-bond acceptors (Lipinski definition) is 5. The van der Waals surface area contributed by atoms with Crippen molar-refractivity contribution in [2.75, 3.05) is 13.7 Å². The first-order valence-corrected chi connectivity index (χ1v) is 7.87. The van der Waals surface area contributed by atoms with Gasteiger partial charge in [-0.1, -0.05) is 18.2 Å². The second kappa shape index (κ2) is 6.83. The van der Waals surface area contributed by atoms with Crippen LogP contribution < -0.4 is 4.74 Å². The van der Waals surface area contributed by atoms with Crippen molar-refractivity contribution in [3.05, 3.63) is 53.6 Å². The summed E-state index contributed by atoms with van der Waals surface area (Å²) >= 11 is 0. The molecule has 0 aromatic heterocycles. The standard InChI is InChI=1S/C19H20O5/c1-23-18-10-13(4-7-17(18)21)8-14-11-24-19(22)16(14)9-12-2-5-15(20)6-3-12/h2-7,10,14,16,20-21H,8-9,11H2,1H3/t14-,16-/m1/s1. The van der Waals surface area contributed by atoms with E-state index < -0.39 is 0 Å². The third kappa shape index (κ3) is 3.45. The summed E-state index contributed by atoms with van der Waals surface area (Å²) in [6, 6.07) is 12.1. The Morgan fingerprint density at radius 1 is 1.08 bits per heavy atom. The summed E-state index contributed by atoms with van der Waals surface area (Å²) < 4.78 is 10.4. The Labute approximate surface area is 140 Å². The van der Waals surface area contributed by atoms with Crippen molar-refractivity contribution >= 4 is 5.97 Å². The summed E-state index contributed by atoms with van der Waals surface area (Å²) in [5, 5.41) is 19.0. The van der Waals surface area contributed by atoms with Crippen LogP contribution in [0.4, 0.5) is 0 Å². The molecule has 0 unspecified atom stereocenters. The van der Waals surface area contributed by atoms with E-state index in [1.807, 2.05) is 18.2 Å². The van der Waals surface area contributed by atoms with E-state index in [9.17, 15) is 15.0 Å². The molecule has 1 fully saturated rings. The number of cyclic esters (lactones) is 1. The Morgan fingerprint density at radius 3 is 2.50 bits per heavy atom. The molecule has 0 saturated carbocycles. The van der Waals surface area contributed by atoms with Crippen molar-refractivity contribution in [2.24, 2.45) is 11.8 Å². The summed E-state index contributed by atoms with van der Waals surface area (Å²) in [4.78, 5) is 12.1. The van der Waals surface area contributed by atoms with E-state index in [2.05, 4.69) is 0 Å². The molecule has 1 aliphatic heterocycles. The first-order valence-electron chi connectivity index (χ1n) is 7.87. The molecule has 2 aromatic carbocycles. The van der Waals surface area contributed by atoms with Gasteiger partial charge in [-0.3, -0.25) is 4.79 Å². The molecule has 126 valence electrons. The second-order valence-electron chi connectivity index (χ2n) is 6.08. The number of phenols is 2. The van der Waals surface area contributed by atoms with Crippen LogP contribution in [0.25, 0.3) is 0 Å². The van der Waals surface area contributed by atoms with Crippen LogP contribution in [-0.4, -0.2) is 29.9 Å². The highest BCUT2D eigenvalue weighted by molar-refractivity contribution is 5.75. The van der Waals surface area contributed by atoms with E-state index in [4.69, 9.17) is 9.47 Å². The van der Waals surface area contributed by atoms with Crippen LogP contribution in [0, 0.1) is 11.8 Å². The molecule has 5 nitrogen and oxygen atoms in total. The minimum Gasteiger partial charge on any atom is -0.508 e. The van der Waals surface area contributed by atoms with Crippen molar-refractivity contribution in [1.82, 2.24) is 0 Å². The fourth-order valence-corrected chi connectivity index (χ4v) is 3.09. The lowest BCUT2D eigenvalue weighted by atomic mass is 9.85. The highest BCUT2D eigenvalue weighted by Crippen LogP contribution is 2.32. The van der Waals surface area contributed by atoms with Crippen LogP contribution in [0.5, 0.6) is 17.2 Å². The van der Waals surface area contributed by atoms with Gasteiger partial charge in [0.2, 0.25) is 0 Å². The monoisotopic (exact) mass is 328 g/mol. The maximum atomic E-state index is 12.1. The molecule has 2 N–H and O–H groups in total. The summed E-state index contributed by atoms with van der Waals surface area (Å²) in [5.74, 6) is 0.405. The molecule has 5 heteroatoms. The van der Waals surface area contributed by atoms with E-state index in [1.54, 1.807) is 24.3 Å². The Hall–Kier alpha value is -2.69. The van der Waals surface area contributed by atoms with Gasteiger partial charge in [-0.25, -0.2) is 0 Å². The van der Waals surface area contributed by atoms with Gasteiger partial charge >= 0.3 is 5.97 Å². The number of benzene rings is 2. The molecule has 1 aliphatic rings. The van der Waals surface area contributed by atoms with Gasteiger partial charge in [-0.2, -0.15) is 0 Å². The van der Waals surface area contributed by atoms with Crippen molar-refractivity contribution in [3.63, 3.8) is 0 Å². The number of rotatable bonds is 5. The van der Waals surface area contributed by atoms with Gasteiger partial charge in [-0.15, -0.1) is 0 Å². The largest absolute Gasteiger partial charge is 0.508 e. The lowest BCUT2D eigenvalue weighted by Gasteiger charge is -2.16. The minimum absolute atomic E-state index is 0.0700. The Bertz CT molecular complexity index is 723. The van der Waals surface area contributed by atoms with Crippen LogP contribution in [0.15, 0.2) is 42.5 Å². The SMILES string of the molecule is COc1cc(C[C@@H]2COC(=O)[C@@H]2Cc2ccc(O)cc2)ccc1O. The molecule has 1 saturated heterocycles. The highest BCUT2D eigenvalue weighted by atomic mass is 16.5. The number of hydrogen-bond donors (Lipinski definition) is 2. The predicted octanol–water partition coefficient (Wildman–Crippen LogP) is 2.68. The fraction of sp³-hybridized carbons (Fsp3) is 0.316. The summed E-state index contributed by atoms with van der Waals surface area (Å²) in [6.07, 6.45) is 1.25. The van der Waals surface area contributed by atoms with Crippen molar-refractivity contribution in [1.29, 1.82) is 0 Å². The molecular weight excluding hydrogens is 308 g/mol. The van der Waals surface area contributed by atoms with E-state index in [0.717, 1.165) is 11.1 Å². The first kappa shape index (κ1) is 16.2. The van der Waals surface area contributed by atoms with Crippen LogP contribution in [0.1, 0.15) is 11.1 Å². The molecule has 0 spiro atoms. The molecule has 0 aliphatic carbocycles. The third-order valence-corrected chi connectivity index (χ3v) is 4.45.